The Morgan fingerprint density at radius 2 is 1.85 bits per heavy atom. The lowest BCUT2D eigenvalue weighted by Gasteiger charge is -2.25. The van der Waals surface area contributed by atoms with Crippen molar-refractivity contribution in [1.29, 1.82) is 0 Å². The maximum Gasteiger partial charge on any atom is 0.253 e. The minimum atomic E-state index is -0.0571. The van der Waals surface area contributed by atoms with E-state index in [-0.39, 0.29) is 19.0 Å². The molecule has 0 bridgehead atoms. The van der Waals surface area contributed by atoms with Crippen LogP contribution >= 0.6 is 0 Å². The molecule has 0 saturated carbocycles. The summed E-state index contributed by atoms with van der Waals surface area (Å²) < 4.78 is 0. The molecule has 3 nitrogen and oxygen atoms in total. The van der Waals surface area contributed by atoms with E-state index in [1.807, 2.05) is 48.2 Å². The number of benzene rings is 3. The van der Waals surface area contributed by atoms with Crippen LogP contribution < -0.4 is 0 Å². The molecule has 1 amide bonds. The van der Waals surface area contributed by atoms with E-state index in [0.717, 1.165) is 67.5 Å². The summed E-state index contributed by atoms with van der Waals surface area (Å²) in [7, 11) is 0. The molecule has 1 aliphatic rings. The molecule has 204 valence electrons. The van der Waals surface area contributed by atoms with Gasteiger partial charge in [-0.1, -0.05) is 69.3 Å². The molecule has 1 atom stereocenters. The number of nitrogens with zero attached hydrogens (tertiary/aromatic N) is 1. The van der Waals surface area contributed by atoms with Crippen LogP contribution in [0.25, 0.3) is 22.8 Å². The number of ketones is 1. The normalized spacial score (nSPS) is 15.7. The highest BCUT2D eigenvalue weighted by Gasteiger charge is 2.28. The van der Waals surface area contributed by atoms with Crippen LogP contribution in [-0.2, 0) is 17.6 Å². The summed E-state index contributed by atoms with van der Waals surface area (Å²) in [5.41, 5.74) is 9.60. The minimum Gasteiger partial charge on any atom is -0.339 e. The number of aryl methyl sites for hydroxylation is 2. The number of hydrogen-bond donors (Lipinski definition) is 0. The molecule has 3 aromatic rings. The molecule has 39 heavy (non-hydrogen) atoms. The average molecular weight is 522 g/mol. The van der Waals surface area contributed by atoms with Crippen molar-refractivity contribution < 1.29 is 11.0 Å². The summed E-state index contributed by atoms with van der Waals surface area (Å²) in [6.07, 6.45) is 8.36. The Balaban J connectivity index is 0.00000441. The van der Waals surface area contributed by atoms with Crippen molar-refractivity contribution in [2.45, 2.75) is 59.8 Å². The molecule has 0 spiro atoms. The first-order valence-corrected chi connectivity index (χ1v) is 14.4. The number of rotatable bonds is 10. The zero-order valence-corrected chi connectivity index (χ0v) is 23.9. The fraction of sp³-hybridized carbons (Fsp3) is 0.333. The monoisotopic (exact) mass is 521 g/mol. The van der Waals surface area contributed by atoms with Crippen molar-refractivity contribution >= 4 is 23.3 Å². The van der Waals surface area contributed by atoms with Gasteiger partial charge < -0.3 is 4.90 Å². The van der Waals surface area contributed by atoms with Crippen molar-refractivity contribution in [3.63, 3.8) is 0 Å². The molecule has 4 rings (SSSR count). The van der Waals surface area contributed by atoms with Crippen LogP contribution in [0.4, 0.5) is 0 Å². The first-order valence-electron chi connectivity index (χ1n) is 14.4. The largest absolute Gasteiger partial charge is 0.339 e. The van der Waals surface area contributed by atoms with Crippen LogP contribution in [0.2, 0.25) is 0 Å². The summed E-state index contributed by atoms with van der Waals surface area (Å²) in [4.78, 5) is 28.6. The fourth-order valence-corrected chi connectivity index (χ4v) is 5.65. The van der Waals surface area contributed by atoms with E-state index >= 15 is 0 Å². The summed E-state index contributed by atoms with van der Waals surface area (Å²) in [5, 5.41) is 0. The van der Waals surface area contributed by atoms with Crippen LogP contribution in [-0.4, -0.2) is 29.7 Å². The second-order valence-electron chi connectivity index (χ2n) is 10.7. The van der Waals surface area contributed by atoms with Crippen molar-refractivity contribution in [1.82, 2.24) is 4.90 Å². The molecule has 0 heterocycles. The fourth-order valence-electron chi connectivity index (χ4n) is 5.65. The highest BCUT2D eigenvalue weighted by Crippen LogP contribution is 2.37. The number of carbonyl (C=O) groups excluding carboxylic acids is 2. The average Bonchev–Trinajstić information content (AvgIpc) is 2.95. The molecule has 0 saturated heterocycles. The number of hydrogen-bond acceptors (Lipinski definition) is 2. The van der Waals surface area contributed by atoms with E-state index in [1.165, 1.54) is 22.3 Å². The van der Waals surface area contributed by atoms with Gasteiger partial charge in [0.1, 0.15) is 0 Å². The maximum atomic E-state index is 13.5. The number of amides is 1. The van der Waals surface area contributed by atoms with Crippen molar-refractivity contribution in [3.8, 4) is 11.1 Å². The predicted molar refractivity (Wildman–Crippen MR) is 166 cm³/mol. The van der Waals surface area contributed by atoms with Gasteiger partial charge in [0.05, 0.1) is 0 Å². The van der Waals surface area contributed by atoms with E-state index in [1.54, 1.807) is 0 Å². The maximum absolute atomic E-state index is 13.5. The summed E-state index contributed by atoms with van der Waals surface area (Å²) in [6.45, 7) is 13.7. The second kappa shape index (κ2) is 12.9. The van der Waals surface area contributed by atoms with Gasteiger partial charge in [0.25, 0.3) is 5.91 Å². The lowest BCUT2D eigenvalue weighted by Crippen LogP contribution is -2.32. The minimum absolute atomic E-state index is 0. The number of Topliss-reactive ketones (excluding diaryl/α,β-unsaturated/α-hetero) is 1. The zero-order chi connectivity index (χ0) is 27.9. The van der Waals surface area contributed by atoms with Crippen molar-refractivity contribution in [3.05, 3.63) is 107 Å². The van der Waals surface area contributed by atoms with Gasteiger partial charge in [0.2, 0.25) is 0 Å². The molecule has 0 aromatic heterocycles. The Kier molecular flexibility index (Phi) is 9.35. The van der Waals surface area contributed by atoms with Gasteiger partial charge in [-0.3, -0.25) is 9.59 Å². The summed E-state index contributed by atoms with van der Waals surface area (Å²) >= 11 is 0. The summed E-state index contributed by atoms with van der Waals surface area (Å²) in [5.74, 6) is 0.178. The Labute approximate surface area is 235 Å². The second-order valence-corrected chi connectivity index (χ2v) is 10.7. The zero-order valence-electron chi connectivity index (χ0n) is 23.9. The molecule has 0 radical (unpaired) electrons. The highest BCUT2D eigenvalue weighted by atomic mass is 16.2. The Hall–Kier alpha value is -3.72. The smallest absolute Gasteiger partial charge is 0.253 e. The van der Waals surface area contributed by atoms with Gasteiger partial charge >= 0.3 is 0 Å². The number of carbonyl (C=O) groups is 2. The van der Waals surface area contributed by atoms with Gasteiger partial charge in [0, 0.05) is 31.6 Å². The van der Waals surface area contributed by atoms with E-state index in [0.29, 0.717) is 5.56 Å². The van der Waals surface area contributed by atoms with Gasteiger partial charge in [0.15, 0.2) is 5.78 Å². The lowest BCUT2D eigenvalue weighted by molar-refractivity contribution is -0.117. The molecule has 0 fully saturated rings. The third-order valence-corrected chi connectivity index (χ3v) is 7.75. The standard InChI is InChI=1S/C36H41NO2.H2/c1-6-9-10-21-37(20-7-2)36(39)29-16-14-27(15-17-29)23-33-32-24-31(19-18-30(32)22-26(5)35(33)38)34-25(4)12-11-13-28(34)8-3;/h6,11-19,23-24,26H,1,7-10,20-22H2,2-5H3;1H/b33-23+;. The number of allylic oxidation sites excluding steroid dienone is 2. The van der Waals surface area contributed by atoms with E-state index in [9.17, 15) is 9.59 Å². The molecule has 0 N–H and O–H groups in total. The molecular formula is C36H43NO2. The Morgan fingerprint density at radius 1 is 1.08 bits per heavy atom. The number of unbranched alkanes of at least 4 members (excludes halogenated alkanes) is 1. The number of fused-ring (bicyclic) bond motifs is 1. The predicted octanol–water partition coefficient (Wildman–Crippen LogP) is 8.59. The molecule has 1 aliphatic carbocycles. The Bertz CT molecular complexity index is 1390. The van der Waals surface area contributed by atoms with Crippen LogP contribution in [0.15, 0.2) is 73.3 Å². The molecule has 3 heteroatoms. The molecule has 3 aromatic carbocycles. The van der Waals surface area contributed by atoms with Gasteiger partial charge in [-0.25, -0.2) is 0 Å². The first kappa shape index (κ1) is 28.3. The topological polar surface area (TPSA) is 37.4 Å². The quantitative estimate of drug-likeness (QED) is 0.152. The van der Waals surface area contributed by atoms with Crippen LogP contribution in [0.5, 0.6) is 0 Å². The van der Waals surface area contributed by atoms with E-state index < -0.39 is 0 Å². The first-order chi connectivity index (χ1) is 18.9. The lowest BCUT2D eigenvalue weighted by atomic mass is 9.78. The third-order valence-electron chi connectivity index (χ3n) is 7.75. The third kappa shape index (κ3) is 6.30. The van der Waals surface area contributed by atoms with Gasteiger partial charge in [-0.15, -0.1) is 6.58 Å². The van der Waals surface area contributed by atoms with Gasteiger partial charge in [-0.05, 0) is 102 Å². The van der Waals surface area contributed by atoms with Crippen LogP contribution in [0.3, 0.4) is 0 Å². The molecule has 0 aliphatic heterocycles. The SMILES string of the molecule is C=CCCCN(CCC)C(=O)c1ccc(/C=C2/C(=O)C(C)Cc3ccc(-c4c(C)cccc4CC)cc32)cc1.[HH]. The van der Waals surface area contributed by atoms with Crippen LogP contribution in [0.1, 0.15) is 79.6 Å². The summed E-state index contributed by atoms with van der Waals surface area (Å²) in [6, 6.07) is 20.8. The van der Waals surface area contributed by atoms with Crippen LogP contribution in [0, 0.1) is 12.8 Å². The molecular weight excluding hydrogens is 478 g/mol. The highest BCUT2D eigenvalue weighted by molar-refractivity contribution is 6.27. The van der Waals surface area contributed by atoms with Crippen molar-refractivity contribution in [2.75, 3.05) is 13.1 Å². The van der Waals surface area contributed by atoms with E-state index in [2.05, 4.69) is 63.7 Å². The molecule has 1 unspecified atom stereocenters. The van der Waals surface area contributed by atoms with Crippen molar-refractivity contribution in [2.24, 2.45) is 5.92 Å². The Morgan fingerprint density at radius 3 is 2.54 bits per heavy atom. The van der Waals surface area contributed by atoms with E-state index in [4.69, 9.17) is 0 Å². The van der Waals surface area contributed by atoms with Gasteiger partial charge in [-0.2, -0.15) is 0 Å².